The van der Waals surface area contributed by atoms with Gasteiger partial charge in [0.2, 0.25) is 0 Å². The van der Waals surface area contributed by atoms with E-state index in [-0.39, 0.29) is 6.04 Å². The average Bonchev–Trinajstić information content (AvgIpc) is 2.55. The highest BCUT2D eigenvalue weighted by Crippen LogP contribution is 2.39. The van der Waals surface area contributed by atoms with Gasteiger partial charge in [-0.1, -0.05) is 19.3 Å². The lowest BCUT2D eigenvalue weighted by Crippen LogP contribution is -2.47. The van der Waals surface area contributed by atoms with Crippen LogP contribution in [0.25, 0.3) is 0 Å². The predicted molar refractivity (Wildman–Crippen MR) is 80.1 cm³/mol. The maximum atomic E-state index is 14.3. The van der Waals surface area contributed by atoms with E-state index in [4.69, 9.17) is 0 Å². The molecule has 2 nitrogen and oxygen atoms in total. The minimum absolute atomic E-state index is 0.141. The van der Waals surface area contributed by atoms with Crippen molar-refractivity contribution in [3.05, 3.63) is 35.1 Å². The Balaban J connectivity index is 1.94. The first-order chi connectivity index (χ1) is 10.7. The Labute approximate surface area is 129 Å². The number of nitrogens with zero attached hydrogens (tertiary/aromatic N) is 1. The molecule has 0 radical (unpaired) electrons. The monoisotopic (exact) mass is 312 g/mol. The summed E-state index contributed by atoms with van der Waals surface area (Å²) in [4.78, 5) is 2.24. The average molecular weight is 312 g/mol. The number of benzene rings is 1. The molecule has 0 bridgehead atoms. The summed E-state index contributed by atoms with van der Waals surface area (Å²) in [6.07, 6.45) is 5.56. The SMILES string of the molecule is Fc1cc(F)c([C@@H](C2CCCCC2)N2CCNCC2)cc1F. The van der Waals surface area contributed by atoms with Gasteiger partial charge in [0.1, 0.15) is 5.82 Å². The van der Waals surface area contributed by atoms with Gasteiger partial charge in [-0.15, -0.1) is 0 Å². The van der Waals surface area contributed by atoms with Gasteiger partial charge < -0.3 is 5.32 Å². The normalized spacial score (nSPS) is 22.7. The van der Waals surface area contributed by atoms with Crippen LogP contribution in [0, 0.1) is 23.4 Å². The topological polar surface area (TPSA) is 15.3 Å². The Kier molecular flexibility index (Phi) is 5.03. The first kappa shape index (κ1) is 15.8. The summed E-state index contributed by atoms with van der Waals surface area (Å²) in [5.74, 6) is -2.35. The molecule has 2 fully saturated rings. The number of halogens is 3. The Morgan fingerprint density at radius 1 is 0.909 bits per heavy atom. The lowest BCUT2D eigenvalue weighted by atomic mass is 9.80. The molecule has 1 aromatic rings. The molecule has 1 saturated carbocycles. The number of piperazine rings is 1. The molecular weight excluding hydrogens is 289 g/mol. The summed E-state index contributed by atoms with van der Waals surface area (Å²) in [5.41, 5.74) is 0.327. The molecule has 0 spiro atoms. The second-order valence-corrected chi connectivity index (χ2v) is 6.42. The van der Waals surface area contributed by atoms with Crippen molar-refractivity contribution in [2.75, 3.05) is 26.2 Å². The van der Waals surface area contributed by atoms with Crippen molar-refractivity contribution in [3.63, 3.8) is 0 Å². The zero-order chi connectivity index (χ0) is 15.5. The summed E-state index contributed by atoms with van der Waals surface area (Å²) in [6, 6.07) is 1.63. The van der Waals surface area contributed by atoms with Gasteiger partial charge in [0, 0.05) is 43.9 Å². The molecule has 0 unspecified atom stereocenters. The van der Waals surface area contributed by atoms with Crippen LogP contribution in [0.4, 0.5) is 13.2 Å². The highest BCUT2D eigenvalue weighted by Gasteiger charge is 2.33. The van der Waals surface area contributed by atoms with Crippen LogP contribution < -0.4 is 5.32 Å². The number of rotatable bonds is 3. The second-order valence-electron chi connectivity index (χ2n) is 6.42. The van der Waals surface area contributed by atoms with Gasteiger partial charge in [0.05, 0.1) is 0 Å². The Morgan fingerprint density at radius 2 is 1.55 bits per heavy atom. The maximum absolute atomic E-state index is 14.3. The van der Waals surface area contributed by atoms with Crippen LogP contribution in [-0.2, 0) is 0 Å². The fraction of sp³-hybridized carbons (Fsp3) is 0.647. The van der Waals surface area contributed by atoms with E-state index < -0.39 is 17.5 Å². The summed E-state index contributed by atoms with van der Waals surface area (Å²) < 4.78 is 41.3. The van der Waals surface area contributed by atoms with E-state index in [1.165, 1.54) is 6.42 Å². The van der Waals surface area contributed by atoms with Crippen LogP contribution in [0.3, 0.4) is 0 Å². The van der Waals surface area contributed by atoms with Crippen LogP contribution in [0.5, 0.6) is 0 Å². The van der Waals surface area contributed by atoms with Crippen LogP contribution in [0.1, 0.15) is 43.7 Å². The molecule has 0 aromatic heterocycles. The summed E-state index contributed by atoms with van der Waals surface area (Å²) in [7, 11) is 0. The van der Waals surface area contributed by atoms with Gasteiger partial charge in [-0.3, -0.25) is 4.90 Å². The molecule has 1 atom stereocenters. The second kappa shape index (κ2) is 7.01. The van der Waals surface area contributed by atoms with Crippen molar-refractivity contribution in [3.8, 4) is 0 Å². The molecule has 1 aromatic carbocycles. The molecule has 22 heavy (non-hydrogen) atoms. The zero-order valence-corrected chi connectivity index (χ0v) is 12.8. The summed E-state index contributed by atoms with van der Waals surface area (Å²) in [6.45, 7) is 3.35. The molecular formula is C17H23F3N2. The molecule has 1 saturated heterocycles. The van der Waals surface area contributed by atoms with E-state index in [9.17, 15) is 13.2 Å². The molecule has 0 amide bonds. The van der Waals surface area contributed by atoms with Crippen LogP contribution >= 0.6 is 0 Å². The minimum Gasteiger partial charge on any atom is -0.314 e. The van der Waals surface area contributed by atoms with E-state index in [1.54, 1.807) is 0 Å². The van der Waals surface area contributed by atoms with Crippen molar-refractivity contribution >= 4 is 0 Å². The van der Waals surface area contributed by atoms with E-state index >= 15 is 0 Å². The summed E-state index contributed by atoms with van der Waals surface area (Å²) in [5, 5.41) is 3.29. The third-order valence-corrected chi connectivity index (χ3v) is 5.00. The fourth-order valence-corrected chi connectivity index (χ4v) is 3.92. The molecule has 1 aliphatic heterocycles. The van der Waals surface area contributed by atoms with Crippen molar-refractivity contribution < 1.29 is 13.2 Å². The van der Waals surface area contributed by atoms with Gasteiger partial charge in [-0.2, -0.15) is 0 Å². The maximum Gasteiger partial charge on any atom is 0.161 e. The van der Waals surface area contributed by atoms with E-state index in [2.05, 4.69) is 10.2 Å². The first-order valence-corrected chi connectivity index (χ1v) is 8.26. The Morgan fingerprint density at radius 3 is 2.23 bits per heavy atom. The molecule has 3 rings (SSSR count). The van der Waals surface area contributed by atoms with Crippen molar-refractivity contribution in [2.24, 2.45) is 5.92 Å². The molecule has 122 valence electrons. The van der Waals surface area contributed by atoms with Crippen molar-refractivity contribution in [1.82, 2.24) is 10.2 Å². The largest absolute Gasteiger partial charge is 0.314 e. The molecule has 5 heteroatoms. The van der Waals surface area contributed by atoms with Gasteiger partial charge in [0.15, 0.2) is 11.6 Å². The number of hydrogen-bond donors (Lipinski definition) is 1. The zero-order valence-electron chi connectivity index (χ0n) is 12.8. The van der Waals surface area contributed by atoms with E-state index in [0.29, 0.717) is 17.5 Å². The van der Waals surface area contributed by atoms with Crippen molar-refractivity contribution in [2.45, 2.75) is 38.1 Å². The lowest BCUT2D eigenvalue weighted by Gasteiger charge is -2.41. The van der Waals surface area contributed by atoms with Gasteiger partial charge in [-0.25, -0.2) is 13.2 Å². The summed E-state index contributed by atoms with van der Waals surface area (Å²) >= 11 is 0. The standard InChI is InChI=1S/C17H23F3N2/c18-14-11-16(20)15(19)10-13(14)17(12-4-2-1-3-5-12)22-8-6-21-7-9-22/h10-12,17,21H,1-9H2/t17-/m1/s1. The van der Waals surface area contributed by atoms with Gasteiger partial charge >= 0.3 is 0 Å². The van der Waals surface area contributed by atoms with Crippen LogP contribution in [0.15, 0.2) is 12.1 Å². The van der Waals surface area contributed by atoms with Gasteiger partial charge in [-0.05, 0) is 24.8 Å². The number of hydrogen-bond acceptors (Lipinski definition) is 2. The smallest absolute Gasteiger partial charge is 0.161 e. The lowest BCUT2D eigenvalue weighted by molar-refractivity contribution is 0.100. The highest BCUT2D eigenvalue weighted by molar-refractivity contribution is 5.24. The quantitative estimate of drug-likeness (QED) is 0.858. The van der Waals surface area contributed by atoms with Gasteiger partial charge in [0.25, 0.3) is 0 Å². The third-order valence-electron chi connectivity index (χ3n) is 5.00. The van der Waals surface area contributed by atoms with Crippen LogP contribution in [0.2, 0.25) is 0 Å². The van der Waals surface area contributed by atoms with Crippen molar-refractivity contribution in [1.29, 1.82) is 0 Å². The predicted octanol–water partition coefficient (Wildman–Crippen LogP) is 3.63. The third kappa shape index (κ3) is 3.30. The molecule has 1 aliphatic carbocycles. The molecule has 2 aliphatic rings. The van der Waals surface area contributed by atoms with Crippen LogP contribution in [-0.4, -0.2) is 31.1 Å². The first-order valence-electron chi connectivity index (χ1n) is 8.26. The molecule has 1 N–H and O–H groups in total. The van der Waals surface area contributed by atoms with E-state index in [1.807, 2.05) is 0 Å². The highest BCUT2D eigenvalue weighted by atomic mass is 19.2. The minimum atomic E-state index is -1.11. The number of nitrogens with one attached hydrogen (secondary N) is 1. The Hall–Kier alpha value is -1.07. The Bertz CT molecular complexity index is 491. The fourth-order valence-electron chi connectivity index (χ4n) is 3.92. The van der Waals surface area contributed by atoms with E-state index in [0.717, 1.165) is 57.9 Å². The molecule has 1 heterocycles.